The molecule has 8 nitrogen and oxygen atoms in total. The third kappa shape index (κ3) is 3.53. The molecule has 3 aromatic rings. The fourth-order valence-corrected chi connectivity index (χ4v) is 5.73. The zero-order valence-corrected chi connectivity index (χ0v) is 19.3. The summed E-state index contributed by atoms with van der Waals surface area (Å²) in [5, 5.41) is 6.46. The summed E-state index contributed by atoms with van der Waals surface area (Å²) in [6, 6.07) is 1.72. The molecule has 4 N–H and O–H groups in total. The second-order valence-electron chi connectivity index (χ2n) is 8.09. The number of nitrogens with two attached hydrogens (primary N) is 2. The Morgan fingerprint density at radius 2 is 1.90 bits per heavy atom. The van der Waals surface area contributed by atoms with Crippen molar-refractivity contribution in [2.45, 2.75) is 42.3 Å². The lowest BCUT2D eigenvalue weighted by Gasteiger charge is -2.41. The van der Waals surface area contributed by atoms with Gasteiger partial charge in [-0.1, -0.05) is 35.0 Å². The number of nitrogens with zero attached hydrogens (tertiary/aromatic N) is 6. The summed E-state index contributed by atoms with van der Waals surface area (Å²) in [6.07, 6.45) is 7.10. The number of aromatic nitrogens is 5. The van der Waals surface area contributed by atoms with Gasteiger partial charge in [0.05, 0.1) is 39.9 Å². The largest absolute Gasteiger partial charge is 0.382 e. The van der Waals surface area contributed by atoms with Crippen molar-refractivity contribution in [3.05, 3.63) is 46.1 Å². The van der Waals surface area contributed by atoms with E-state index in [2.05, 4.69) is 25.0 Å². The van der Waals surface area contributed by atoms with Crippen LogP contribution in [-0.4, -0.2) is 37.8 Å². The van der Waals surface area contributed by atoms with E-state index in [1.165, 1.54) is 11.8 Å². The van der Waals surface area contributed by atoms with Crippen molar-refractivity contribution in [2.24, 2.45) is 11.1 Å². The number of fused-ring (bicyclic) bond motifs is 1. The molecule has 5 heterocycles. The molecule has 1 fully saturated rings. The van der Waals surface area contributed by atoms with Crippen molar-refractivity contribution in [1.29, 1.82) is 0 Å². The highest BCUT2D eigenvalue weighted by molar-refractivity contribution is 7.99. The van der Waals surface area contributed by atoms with Crippen LogP contribution in [0.1, 0.15) is 30.3 Å². The minimum atomic E-state index is -0.0919. The first kappa shape index (κ1) is 20.8. The summed E-state index contributed by atoms with van der Waals surface area (Å²) in [5.41, 5.74) is 14.2. The number of pyridine rings is 1. The zero-order chi connectivity index (χ0) is 21.8. The van der Waals surface area contributed by atoms with Crippen molar-refractivity contribution in [3.63, 3.8) is 0 Å². The van der Waals surface area contributed by atoms with Crippen molar-refractivity contribution >= 4 is 46.6 Å². The quantitative estimate of drug-likeness (QED) is 0.587. The maximum absolute atomic E-state index is 6.65. The molecule has 3 aromatic heterocycles. The van der Waals surface area contributed by atoms with Crippen LogP contribution in [0.4, 0.5) is 11.6 Å². The van der Waals surface area contributed by atoms with Gasteiger partial charge in [-0.2, -0.15) is 5.10 Å². The molecule has 162 valence electrons. The molecule has 5 rings (SSSR count). The fourth-order valence-electron chi connectivity index (χ4n) is 4.49. The highest BCUT2D eigenvalue weighted by atomic mass is 35.5. The molecule has 31 heavy (non-hydrogen) atoms. The van der Waals surface area contributed by atoms with E-state index in [0.717, 1.165) is 59.6 Å². The highest BCUT2D eigenvalue weighted by Crippen LogP contribution is 2.50. The number of halogens is 2. The predicted octanol–water partition coefficient (Wildman–Crippen LogP) is 3.72. The van der Waals surface area contributed by atoms with Gasteiger partial charge in [-0.25, -0.2) is 15.0 Å². The van der Waals surface area contributed by atoms with Gasteiger partial charge in [-0.3, -0.25) is 4.68 Å². The molecule has 0 aromatic carbocycles. The van der Waals surface area contributed by atoms with Crippen LogP contribution in [-0.2, 0) is 6.54 Å². The Labute approximate surface area is 194 Å². The first-order valence-corrected chi connectivity index (χ1v) is 11.6. The number of nitrogen functional groups attached to an aromatic ring is 1. The molecule has 0 saturated carbocycles. The Kier molecular flexibility index (Phi) is 5.24. The van der Waals surface area contributed by atoms with Crippen molar-refractivity contribution in [3.8, 4) is 0 Å². The SMILES string of the molecule is Cc1nn2c(c1Cl)[C@@H](N)C1(CCN(c3cnc(Sc4ccnc(N)c4Cl)cn3)CC1)C2. The van der Waals surface area contributed by atoms with E-state index >= 15 is 0 Å². The Bertz CT molecular complexity index is 1120. The normalized spacial score (nSPS) is 19.7. The maximum Gasteiger partial charge on any atom is 0.147 e. The number of piperidine rings is 1. The van der Waals surface area contributed by atoms with Crippen molar-refractivity contribution in [2.75, 3.05) is 23.7 Å². The summed E-state index contributed by atoms with van der Waals surface area (Å²) in [6.45, 7) is 4.47. The van der Waals surface area contributed by atoms with Crippen LogP contribution >= 0.6 is 35.0 Å². The lowest BCUT2D eigenvalue weighted by atomic mass is 9.73. The Morgan fingerprint density at radius 3 is 2.58 bits per heavy atom. The van der Waals surface area contributed by atoms with Crippen molar-refractivity contribution < 1.29 is 0 Å². The van der Waals surface area contributed by atoms with Crippen LogP contribution in [0.2, 0.25) is 10.0 Å². The molecule has 0 amide bonds. The summed E-state index contributed by atoms with van der Waals surface area (Å²) in [4.78, 5) is 16.2. The molecule has 1 atom stereocenters. The maximum atomic E-state index is 6.65. The van der Waals surface area contributed by atoms with Gasteiger partial charge in [-0.15, -0.1) is 0 Å². The van der Waals surface area contributed by atoms with Crippen molar-refractivity contribution in [1.82, 2.24) is 24.7 Å². The van der Waals surface area contributed by atoms with Crippen LogP contribution in [0.25, 0.3) is 0 Å². The fraction of sp³-hybridized carbons (Fsp3) is 0.400. The molecule has 1 spiro atoms. The molecule has 0 aliphatic carbocycles. The molecule has 0 unspecified atom stereocenters. The van der Waals surface area contributed by atoms with E-state index in [1.807, 2.05) is 17.7 Å². The second-order valence-corrected chi connectivity index (χ2v) is 9.91. The third-order valence-electron chi connectivity index (χ3n) is 6.30. The number of hydrogen-bond acceptors (Lipinski definition) is 8. The van der Waals surface area contributed by atoms with Crippen LogP contribution < -0.4 is 16.4 Å². The van der Waals surface area contributed by atoms with Crippen LogP contribution in [0.15, 0.2) is 34.6 Å². The Morgan fingerprint density at radius 1 is 1.13 bits per heavy atom. The standard InChI is InChI=1S/C20H22Cl2N8S/c1-11-15(21)17-18(23)20(10-30(17)28-11)3-6-29(7-4-20)13-8-27-14(9-26-13)31-12-2-5-25-19(24)16(12)22/h2,5,8-9,18H,3-4,6-7,10,23H2,1H3,(H2,24,25)/t18-/m1/s1. The molecule has 11 heteroatoms. The Hall–Kier alpha value is -2.07. The molecule has 0 bridgehead atoms. The van der Waals surface area contributed by atoms with Gasteiger partial charge in [0.25, 0.3) is 0 Å². The average molecular weight is 477 g/mol. The van der Waals surface area contributed by atoms with Gasteiger partial charge in [-0.05, 0) is 25.8 Å². The zero-order valence-electron chi connectivity index (χ0n) is 16.9. The summed E-state index contributed by atoms with van der Waals surface area (Å²) in [5.74, 6) is 1.17. The monoisotopic (exact) mass is 476 g/mol. The minimum Gasteiger partial charge on any atom is -0.382 e. The van der Waals surface area contributed by atoms with Crippen LogP contribution in [0, 0.1) is 12.3 Å². The minimum absolute atomic E-state index is 0.00256. The van der Waals surface area contributed by atoms with Gasteiger partial charge in [0, 0.05) is 36.1 Å². The topological polar surface area (TPSA) is 112 Å². The molecule has 0 radical (unpaired) electrons. The first-order chi connectivity index (χ1) is 14.9. The van der Waals surface area contributed by atoms with Crippen LogP contribution in [0.3, 0.4) is 0 Å². The van der Waals surface area contributed by atoms with Gasteiger partial charge < -0.3 is 16.4 Å². The molecular formula is C20H22Cl2N8S. The van der Waals surface area contributed by atoms with E-state index in [0.29, 0.717) is 15.9 Å². The van der Waals surface area contributed by atoms with E-state index < -0.39 is 0 Å². The van der Waals surface area contributed by atoms with Gasteiger partial charge in [0.2, 0.25) is 0 Å². The van der Waals surface area contributed by atoms with E-state index in [4.69, 9.17) is 34.7 Å². The summed E-state index contributed by atoms with van der Waals surface area (Å²) >= 11 is 14.1. The van der Waals surface area contributed by atoms with Crippen LogP contribution in [0.5, 0.6) is 0 Å². The lowest BCUT2D eigenvalue weighted by Crippen LogP contribution is -2.45. The number of hydrogen-bond donors (Lipinski definition) is 2. The van der Waals surface area contributed by atoms with Gasteiger partial charge in [0.15, 0.2) is 0 Å². The average Bonchev–Trinajstić information content (AvgIpc) is 3.19. The summed E-state index contributed by atoms with van der Waals surface area (Å²) in [7, 11) is 0. The predicted molar refractivity (Wildman–Crippen MR) is 123 cm³/mol. The third-order valence-corrected chi connectivity index (χ3v) is 8.26. The second kappa shape index (κ2) is 7.81. The lowest BCUT2D eigenvalue weighted by molar-refractivity contribution is 0.170. The smallest absolute Gasteiger partial charge is 0.147 e. The first-order valence-electron chi connectivity index (χ1n) is 10.0. The number of rotatable bonds is 3. The van der Waals surface area contributed by atoms with E-state index in [-0.39, 0.29) is 11.5 Å². The Balaban J connectivity index is 1.26. The van der Waals surface area contributed by atoms with E-state index in [1.54, 1.807) is 18.6 Å². The number of anilines is 2. The van der Waals surface area contributed by atoms with Gasteiger partial charge in [0.1, 0.15) is 16.7 Å². The van der Waals surface area contributed by atoms with E-state index in [9.17, 15) is 0 Å². The molecular weight excluding hydrogens is 455 g/mol. The molecule has 2 aliphatic rings. The highest BCUT2D eigenvalue weighted by Gasteiger charge is 2.48. The van der Waals surface area contributed by atoms with Gasteiger partial charge >= 0.3 is 0 Å². The molecule has 2 aliphatic heterocycles. The number of aryl methyl sites for hydroxylation is 1. The molecule has 1 saturated heterocycles. The summed E-state index contributed by atoms with van der Waals surface area (Å²) < 4.78 is 2.00.